The van der Waals surface area contributed by atoms with Crippen LogP contribution in [0.25, 0.3) is 4.85 Å². The Morgan fingerprint density at radius 2 is 1.53 bits per heavy atom. The number of amides is 1. The second-order valence-corrected chi connectivity index (χ2v) is 7.62. The Morgan fingerprint density at radius 3 is 2.16 bits per heavy atom. The molecule has 0 aliphatic carbocycles. The van der Waals surface area contributed by atoms with Crippen molar-refractivity contribution in [3.8, 4) is 17.6 Å². The molecule has 0 N–H and O–H groups in total. The second kappa shape index (κ2) is 12.3. The summed E-state index contributed by atoms with van der Waals surface area (Å²) in [6.07, 6.45) is 2.19. The predicted octanol–water partition coefficient (Wildman–Crippen LogP) is 3.88. The van der Waals surface area contributed by atoms with Gasteiger partial charge in [0.2, 0.25) is 5.91 Å². The van der Waals surface area contributed by atoms with Crippen LogP contribution in [0.1, 0.15) is 24.8 Å². The molecule has 0 bridgehead atoms. The van der Waals surface area contributed by atoms with Crippen molar-refractivity contribution < 1.29 is 14.3 Å². The van der Waals surface area contributed by atoms with Crippen LogP contribution in [-0.4, -0.2) is 61.6 Å². The Labute approximate surface area is 189 Å². The van der Waals surface area contributed by atoms with Crippen molar-refractivity contribution in [2.75, 3.05) is 45.9 Å². The maximum Gasteiger partial charge on any atom is 0.223 e. The standard InChI is InChI=1S/C25H28N4O3/c1-27-22-6-10-24(11-7-22)32-19-3-14-29-17-16-28(15-12-25(29)30)13-2-18-31-23-8-4-21(20-26)5-9-23/h4-11H,2-3,12-19H2. The number of ether oxygens (including phenoxy) is 2. The van der Waals surface area contributed by atoms with Crippen LogP contribution in [0.4, 0.5) is 5.69 Å². The SMILES string of the molecule is [C-]#[N+]c1ccc(OCCCN2CCN(CCCOc3ccc(C#N)cc3)CCC2=O)cc1. The van der Waals surface area contributed by atoms with Crippen LogP contribution in [0, 0.1) is 17.9 Å². The van der Waals surface area contributed by atoms with Crippen LogP contribution in [0.5, 0.6) is 11.5 Å². The van der Waals surface area contributed by atoms with Crippen molar-refractivity contribution in [2.45, 2.75) is 19.3 Å². The molecule has 0 unspecified atom stereocenters. The van der Waals surface area contributed by atoms with E-state index in [4.69, 9.17) is 21.3 Å². The fourth-order valence-corrected chi connectivity index (χ4v) is 3.54. The number of benzene rings is 2. The summed E-state index contributed by atoms with van der Waals surface area (Å²) in [5.74, 6) is 1.71. The quantitative estimate of drug-likeness (QED) is 0.421. The minimum Gasteiger partial charge on any atom is -0.494 e. The molecule has 0 aromatic heterocycles. The Kier molecular flexibility index (Phi) is 8.92. The lowest BCUT2D eigenvalue weighted by Crippen LogP contribution is -2.35. The first kappa shape index (κ1) is 23.1. The topological polar surface area (TPSA) is 70.2 Å². The normalized spacial score (nSPS) is 14.3. The van der Waals surface area contributed by atoms with E-state index in [0.717, 1.165) is 50.5 Å². The van der Waals surface area contributed by atoms with E-state index in [9.17, 15) is 4.79 Å². The van der Waals surface area contributed by atoms with E-state index in [1.807, 2.05) is 17.0 Å². The van der Waals surface area contributed by atoms with Crippen LogP contribution < -0.4 is 9.47 Å². The molecule has 0 spiro atoms. The van der Waals surface area contributed by atoms with E-state index in [0.29, 0.717) is 37.4 Å². The zero-order chi connectivity index (χ0) is 22.6. The number of hydrogen-bond acceptors (Lipinski definition) is 5. The molecule has 1 saturated heterocycles. The third-order valence-corrected chi connectivity index (χ3v) is 5.36. The Hall–Kier alpha value is -3.55. The lowest BCUT2D eigenvalue weighted by Gasteiger charge is -2.22. The van der Waals surface area contributed by atoms with Crippen molar-refractivity contribution in [1.82, 2.24) is 9.80 Å². The molecule has 1 heterocycles. The van der Waals surface area contributed by atoms with Crippen molar-refractivity contribution in [1.29, 1.82) is 5.26 Å². The summed E-state index contributed by atoms with van der Waals surface area (Å²) in [5.41, 5.74) is 1.22. The first-order valence-corrected chi connectivity index (χ1v) is 10.9. The van der Waals surface area contributed by atoms with Gasteiger partial charge in [0.05, 0.1) is 31.4 Å². The summed E-state index contributed by atoms with van der Waals surface area (Å²) in [6.45, 7) is 12.1. The molecule has 2 aromatic carbocycles. The van der Waals surface area contributed by atoms with Gasteiger partial charge in [-0.25, -0.2) is 4.85 Å². The van der Waals surface area contributed by atoms with Gasteiger partial charge in [-0.05, 0) is 49.2 Å². The Bertz CT molecular complexity index is 945. The highest BCUT2D eigenvalue weighted by molar-refractivity contribution is 5.76. The van der Waals surface area contributed by atoms with Crippen LogP contribution in [-0.2, 0) is 4.79 Å². The van der Waals surface area contributed by atoms with Crippen LogP contribution >= 0.6 is 0 Å². The van der Waals surface area contributed by atoms with Crippen molar-refractivity contribution in [3.05, 3.63) is 65.5 Å². The van der Waals surface area contributed by atoms with Crippen molar-refractivity contribution in [3.63, 3.8) is 0 Å². The number of nitrogens with zero attached hydrogens (tertiary/aromatic N) is 4. The molecule has 7 nitrogen and oxygen atoms in total. The highest BCUT2D eigenvalue weighted by Crippen LogP contribution is 2.18. The van der Waals surface area contributed by atoms with Crippen LogP contribution in [0.2, 0.25) is 0 Å². The average molecular weight is 433 g/mol. The smallest absolute Gasteiger partial charge is 0.223 e. The zero-order valence-corrected chi connectivity index (χ0v) is 18.2. The molecule has 1 amide bonds. The van der Waals surface area contributed by atoms with E-state index >= 15 is 0 Å². The first-order valence-electron chi connectivity index (χ1n) is 10.9. The van der Waals surface area contributed by atoms with Gasteiger partial charge in [0, 0.05) is 39.1 Å². The third kappa shape index (κ3) is 7.30. The molecule has 0 radical (unpaired) electrons. The molecule has 32 heavy (non-hydrogen) atoms. The molecule has 1 aliphatic rings. The van der Waals surface area contributed by atoms with Gasteiger partial charge in [0.1, 0.15) is 11.5 Å². The minimum absolute atomic E-state index is 0.197. The Morgan fingerprint density at radius 1 is 0.906 bits per heavy atom. The lowest BCUT2D eigenvalue weighted by atomic mass is 10.2. The summed E-state index contributed by atoms with van der Waals surface area (Å²) in [6, 6.07) is 16.3. The molecule has 166 valence electrons. The first-order chi connectivity index (χ1) is 15.7. The van der Waals surface area contributed by atoms with Gasteiger partial charge < -0.3 is 19.3 Å². The van der Waals surface area contributed by atoms with E-state index in [1.165, 1.54) is 0 Å². The minimum atomic E-state index is 0.197. The number of carbonyl (C=O) groups is 1. The summed E-state index contributed by atoms with van der Waals surface area (Å²) in [7, 11) is 0. The zero-order valence-electron chi connectivity index (χ0n) is 18.2. The van der Waals surface area contributed by atoms with Gasteiger partial charge in [-0.3, -0.25) is 4.79 Å². The van der Waals surface area contributed by atoms with E-state index in [-0.39, 0.29) is 5.91 Å². The monoisotopic (exact) mass is 432 g/mol. The van der Waals surface area contributed by atoms with E-state index in [2.05, 4.69) is 15.8 Å². The molecule has 0 saturated carbocycles. The second-order valence-electron chi connectivity index (χ2n) is 7.62. The molecular formula is C25H28N4O3. The molecule has 1 aliphatic heterocycles. The van der Waals surface area contributed by atoms with Gasteiger partial charge in [0.25, 0.3) is 0 Å². The number of rotatable bonds is 10. The molecule has 1 fully saturated rings. The van der Waals surface area contributed by atoms with Gasteiger partial charge in [-0.2, -0.15) is 5.26 Å². The molecule has 7 heteroatoms. The Balaban J connectivity index is 1.31. The number of hydrogen-bond donors (Lipinski definition) is 0. The molecule has 3 rings (SSSR count). The van der Waals surface area contributed by atoms with Gasteiger partial charge in [0.15, 0.2) is 5.69 Å². The van der Waals surface area contributed by atoms with Crippen LogP contribution in [0.15, 0.2) is 48.5 Å². The highest BCUT2D eigenvalue weighted by atomic mass is 16.5. The average Bonchev–Trinajstić information content (AvgIpc) is 3.01. The highest BCUT2D eigenvalue weighted by Gasteiger charge is 2.20. The summed E-state index contributed by atoms with van der Waals surface area (Å²) in [5, 5.41) is 8.83. The summed E-state index contributed by atoms with van der Waals surface area (Å²) < 4.78 is 11.5. The fourth-order valence-electron chi connectivity index (χ4n) is 3.54. The van der Waals surface area contributed by atoms with E-state index in [1.54, 1.807) is 36.4 Å². The van der Waals surface area contributed by atoms with Crippen molar-refractivity contribution in [2.24, 2.45) is 0 Å². The van der Waals surface area contributed by atoms with Gasteiger partial charge >= 0.3 is 0 Å². The lowest BCUT2D eigenvalue weighted by molar-refractivity contribution is -0.130. The van der Waals surface area contributed by atoms with Gasteiger partial charge in [-0.15, -0.1) is 0 Å². The molecule has 2 aromatic rings. The fraction of sp³-hybridized carbons (Fsp3) is 0.400. The number of nitriles is 1. The maximum atomic E-state index is 12.4. The van der Waals surface area contributed by atoms with E-state index < -0.39 is 0 Å². The third-order valence-electron chi connectivity index (χ3n) is 5.36. The molecule has 0 atom stereocenters. The largest absolute Gasteiger partial charge is 0.494 e. The maximum absolute atomic E-state index is 12.4. The number of carbonyl (C=O) groups excluding carboxylic acids is 1. The molecular weight excluding hydrogens is 404 g/mol. The van der Waals surface area contributed by atoms with Gasteiger partial charge in [-0.1, -0.05) is 12.1 Å². The van der Waals surface area contributed by atoms with Crippen molar-refractivity contribution >= 4 is 11.6 Å². The summed E-state index contributed by atoms with van der Waals surface area (Å²) in [4.78, 5) is 20.1. The van der Waals surface area contributed by atoms with Crippen LogP contribution in [0.3, 0.4) is 0 Å². The predicted molar refractivity (Wildman–Crippen MR) is 122 cm³/mol. The summed E-state index contributed by atoms with van der Waals surface area (Å²) >= 11 is 0.